The van der Waals surface area contributed by atoms with Crippen LogP contribution >= 0.6 is 11.6 Å². The molecule has 2 aromatic rings. The molecule has 0 aromatic heterocycles. The Balaban J connectivity index is 1.70. The van der Waals surface area contributed by atoms with Crippen molar-refractivity contribution in [3.05, 3.63) is 70.2 Å². The zero-order valence-electron chi connectivity index (χ0n) is 20.4. The van der Waals surface area contributed by atoms with E-state index in [0.29, 0.717) is 24.4 Å². The number of hydrogen-bond donors (Lipinski definition) is 1. The van der Waals surface area contributed by atoms with E-state index in [1.54, 1.807) is 4.90 Å². The quantitative estimate of drug-likeness (QED) is 0.513. The molecule has 33 heavy (non-hydrogen) atoms. The lowest BCUT2D eigenvalue weighted by molar-refractivity contribution is -0.140. The monoisotopic (exact) mass is 468 g/mol. The fourth-order valence-corrected chi connectivity index (χ4v) is 4.55. The second kappa shape index (κ2) is 11.2. The minimum atomic E-state index is -0.558. The molecule has 1 saturated carbocycles. The summed E-state index contributed by atoms with van der Waals surface area (Å²) in [5.74, 6) is -0.124. The van der Waals surface area contributed by atoms with Crippen LogP contribution in [0.5, 0.6) is 0 Å². The molecule has 5 heteroatoms. The summed E-state index contributed by atoms with van der Waals surface area (Å²) in [6, 6.07) is 15.6. The first kappa shape index (κ1) is 25.3. The van der Waals surface area contributed by atoms with Gasteiger partial charge in [-0.15, -0.1) is 0 Å². The lowest BCUT2D eigenvalue weighted by atomic mass is 9.86. The summed E-state index contributed by atoms with van der Waals surface area (Å²) < 4.78 is 0. The van der Waals surface area contributed by atoms with Crippen LogP contribution in [-0.4, -0.2) is 28.8 Å². The number of carbonyl (C=O) groups is 2. The molecule has 0 saturated heterocycles. The second-order valence-corrected chi connectivity index (χ2v) is 10.6. The summed E-state index contributed by atoms with van der Waals surface area (Å²) in [5, 5.41) is 3.75. The standard InChI is InChI=1S/C28H37ClN2O2/c1-20(27(33)30-24-10-6-7-11-24)31(19-22-9-5-8-12-25(22)29)26(32)18-15-21-13-16-23(17-14-21)28(2,3)4/h5,8-9,12-14,16-17,20,24H,6-7,10-11,15,18-19H2,1-4H3,(H,30,33). The van der Waals surface area contributed by atoms with Crippen LogP contribution in [-0.2, 0) is 28.0 Å². The number of halogens is 1. The molecule has 1 unspecified atom stereocenters. The van der Waals surface area contributed by atoms with Gasteiger partial charge in [-0.2, -0.15) is 0 Å². The van der Waals surface area contributed by atoms with E-state index in [1.807, 2.05) is 31.2 Å². The van der Waals surface area contributed by atoms with Gasteiger partial charge in [0.05, 0.1) is 0 Å². The van der Waals surface area contributed by atoms with Gasteiger partial charge in [-0.05, 0) is 54.4 Å². The SMILES string of the molecule is CC(C(=O)NC1CCCC1)N(Cc1ccccc1Cl)C(=O)CCc1ccc(C(C)(C)C)cc1. The van der Waals surface area contributed by atoms with Crippen molar-refractivity contribution in [3.8, 4) is 0 Å². The largest absolute Gasteiger partial charge is 0.352 e. The van der Waals surface area contributed by atoms with E-state index >= 15 is 0 Å². The van der Waals surface area contributed by atoms with Gasteiger partial charge in [-0.3, -0.25) is 9.59 Å². The van der Waals surface area contributed by atoms with E-state index in [4.69, 9.17) is 11.6 Å². The molecule has 3 rings (SSSR count). The smallest absolute Gasteiger partial charge is 0.242 e. The molecule has 2 amide bonds. The third kappa shape index (κ3) is 7.07. The van der Waals surface area contributed by atoms with Gasteiger partial charge in [0.15, 0.2) is 0 Å². The molecule has 1 aliphatic rings. The van der Waals surface area contributed by atoms with Gasteiger partial charge < -0.3 is 10.2 Å². The van der Waals surface area contributed by atoms with Gasteiger partial charge in [0.25, 0.3) is 0 Å². The molecule has 2 aromatic carbocycles. The molecule has 0 heterocycles. The maximum Gasteiger partial charge on any atom is 0.242 e. The highest BCUT2D eigenvalue weighted by Crippen LogP contribution is 2.24. The van der Waals surface area contributed by atoms with E-state index in [-0.39, 0.29) is 23.3 Å². The molecule has 1 aliphatic carbocycles. The highest BCUT2D eigenvalue weighted by molar-refractivity contribution is 6.31. The Morgan fingerprint density at radius 3 is 2.30 bits per heavy atom. The number of benzene rings is 2. The van der Waals surface area contributed by atoms with Crippen molar-refractivity contribution in [2.45, 2.75) is 90.3 Å². The van der Waals surface area contributed by atoms with Crippen LogP contribution in [0.4, 0.5) is 0 Å². The lowest BCUT2D eigenvalue weighted by Gasteiger charge is -2.30. The summed E-state index contributed by atoms with van der Waals surface area (Å²) in [4.78, 5) is 28.0. The summed E-state index contributed by atoms with van der Waals surface area (Å²) in [6.45, 7) is 8.71. The first-order chi connectivity index (χ1) is 15.6. The average molecular weight is 469 g/mol. The Hall–Kier alpha value is -2.33. The van der Waals surface area contributed by atoms with Crippen molar-refractivity contribution >= 4 is 23.4 Å². The van der Waals surface area contributed by atoms with Gasteiger partial charge in [-0.25, -0.2) is 0 Å². The number of hydrogen-bond acceptors (Lipinski definition) is 2. The van der Waals surface area contributed by atoms with Crippen LogP contribution in [0.3, 0.4) is 0 Å². The van der Waals surface area contributed by atoms with Crippen LogP contribution < -0.4 is 5.32 Å². The normalized spacial score (nSPS) is 15.3. The van der Waals surface area contributed by atoms with Gasteiger partial charge in [0, 0.05) is 24.0 Å². The number of nitrogens with one attached hydrogen (secondary N) is 1. The topological polar surface area (TPSA) is 49.4 Å². The van der Waals surface area contributed by atoms with E-state index in [0.717, 1.165) is 36.8 Å². The Morgan fingerprint density at radius 1 is 1.06 bits per heavy atom. The molecule has 1 N–H and O–H groups in total. The Bertz CT molecular complexity index is 943. The number of nitrogens with zero attached hydrogens (tertiary/aromatic N) is 1. The number of aryl methyl sites for hydroxylation is 1. The fraction of sp³-hybridized carbons (Fsp3) is 0.500. The van der Waals surface area contributed by atoms with Gasteiger partial charge in [0.2, 0.25) is 11.8 Å². The summed E-state index contributed by atoms with van der Waals surface area (Å²) in [5.41, 5.74) is 3.34. The van der Waals surface area contributed by atoms with E-state index in [2.05, 4.69) is 50.4 Å². The van der Waals surface area contributed by atoms with Crippen molar-refractivity contribution in [3.63, 3.8) is 0 Å². The number of carbonyl (C=O) groups excluding carboxylic acids is 2. The lowest BCUT2D eigenvalue weighted by Crippen LogP contribution is -2.49. The molecule has 1 atom stereocenters. The Morgan fingerprint density at radius 2 is 1.70 bits per heavy atom. The molecule has 4 nitrogen and oxygen atoms in total. The Labute approximate surface area is 203 Å². The number of rotatable bonds is 8. The highest BCUT2D eigenvalue weighted by Gasteiger charge is 2.28. The highest BCUT2D eigenvalue weighted by atomic mass is 35.5. The van der Waals surface area contributed by atoms with Crippen LogP contribution in [0.2, 0.25) is 5.02 Å². The van der Waals surface area contributed by atoms with Crippen molar-refractivity contribution in [2.75, 3.05) is 0 Å². The van der Waals surface area contributed by atoms with Crippen molar-refractivity contribution in [1.29, 1.82) is 0 Å². The predicted molar refractivity (Wildman–Crippen MR) is 135 cm³/mol. The molecule has 178 valence electrons. The van der Waals surface area contributed by atoms with Crippen LogP contribution in [0, 0.1) is 0 Å². The first-order valence-corrected chi connectivity index (χ1v) is 12.5. The van der Waals surface area contributed by atoms with Crippen molar-refractivity contribution in [2.24, 2.45) is 0 Å². The maximum absolute atomic E-state index is 13.3. The van der Waals surface area contributed by atoms with E-state index < -0.39 is 6.04 Å². The molecule has 1 fully saturated rings. The summed E-state index contributed by atoms with van der Waals surface area (Å²) in [7, 11) is 0. The Kier molecular flexibility index (Phi) is 8.58. The third-order valence-corrected chi connectivity index (χ3v) is 6.98. The first-order valence-electron chi connectivity index (χ1n) is 12.1. The van der Waals surface area contributed by atoms with Crippen LogP contribution in [0.1, 0.15) is 76.5 Å². The minimum Gasteiger partial charge on any atom is -0.352 e. The predicted octanol–water partition coefficient (Wildman–Crippen LogP) is 6.05. The van der Waals surface area contributed by atoms with E-state index in [1.165, 1.54) is 5.56 Å². The fourth-order valence-electron chi connectivity index (χ4n) is 4.35. The van der Waals surface area contributed by atoms with Crippen LogP contribution in [0.25, 0.3) is 0 Å². The van der Waals surface area contributed by atoms with Gasteiger partial charge in [0.1, 0.15) is 6.04 Å². The molecule has 0 radical (unpaired) electrons. The molecular formula is C28H37ClN2O2. The summed E-state index contributed by atoms with van der Waals surface area (Å²) >= 11 is 6.38. The van der Waals surface area contributed by atoms with Crippen LogP contribution in [0.15, 0.2) is 48.5 Å². The molecule has 0 aliphatic heterocycles. The van der Waals surface area contributed by atoms with Crippen molar-refractivity contribution in [1.82, 2.24) is 10.2 Å². The van der Waals surface area contributed by atoms with Gasteiger partial charge in [-0.1, -0.05) is 87.7 Å². The molecule has 0 bridgehead atoms. The van der Waals surface area contributed by atoms with Gasteiger partial charge >= 0.3 is 0 Å². The maximum atomic E-state index is 13.3. The molecule has 0 spiro atoms. The third-order valence-electron chi connectivity index (χ3n) is 6.61. The second-order valence-electron chi connectivity index (χ2n) is 10.2. The molecular weight excluding hydrogens is 432 g/mol. The van der Waals surface area contributed by atoms with E-state index in [9.17, 15) is 9.59 Å². The average Bonchev–Trinajstić information content (AvgIpc) is 3.29. The minimum absolute atomic E-state index is 0.0381. The number of amides is 2. The zero-order valence-corrected chi connectivity index (χ0v) is 21.1. The zero-order chi connectivity index (χ0) is 24.0. The summed E-state index contributed by atoms with van der Waals surface area (Å²) in [6.07, 6.45) is 5.31. The van der Waals surface area contributed by atoms with Crippen molar-refractivity contribution < 1.29 is 9.59 Å².